The molecule has 1 fully saturated rings. The van der Waals surface area contributed by atoms with Crippen LogP contribution in [0.4, 0.5) is 0 Å². The van der Waals surface area contributed by atoms with E-state index in [1.54, 1.807) is 4.68 Å². The molecule has 1 aromatic heterocycles. The predicted octanol–water partition coefficient (Wildman–Crippen LogP) is 3.89. The lowest BCUT2D eigenvalue weighted by molar-refractivity contribution is 0.182. The third-order valence-corrected chi connectivity index (χ3v) is 6.32. The van der Waals surface area contributed by atoms with Gasteiger partial charge in [-0.1, -0.05) is 41.9 Å². The molecule has 0 amide bonds. The summed E-state index contributed by atoms with van der Waals surface area (Å²) in [5.74, 6) is 0. The van der Waals surface area contributed by atoms with Crippen molar-refractivity contribution in [3.63, 3.8) is 0 Å². The van der Waals surface area contributed by atoms with Gasteiger partial charge in [-0.3, -0.25) is 14.4 Å². The summed E-state index contributed by atoms with van der Waals surface area (Å²) in [5.41, 5.74) is 4.08. The highest BCUT2D eigenvalue weighted by molar-refractivity contribution is 6.30. The first-order valence-electron chi connectivity index (χ1n) is 10.6. The molecule has 0 bridgehead atoms. The summed E-state index contributed by atoms with van der Waals surface area (Å²) >= 11 is 6.00. The molecule has 4 rings (SSSR count). The van der Waals surface area contributed by atoms with Gasteiger partial charge in [-0.2, -0.15) is 0 Å². The highest BCUT2D eigenvalue weighted by Gasteiger charge is 2.22. The largest absolute Gasteiger partial charge is 0.308 e. The van der Waals surface area contributed by atoms with Crippen LogP contribution in [0.3, 0.4) is 0 Å². The van der Waals surface area contributed by atoms with Crippen molar-refractivity contribution >= 4 is 11.6 Å². The summed E-state index contributed by atoms with van der Waals surface area (Å²) in [6.45, 7) is 5.64. The molecular weight excluding hydrogens is 396 g/mol. The number of nitrogens with zero attached hydrogens (tertiary/aromatic N) is 3. The maximum Gasteiger partial charge on any atom is 0.276 e. The van der Waals surface area contributed by atoms with E-state index in [9.17, 15) is 4.79 Å². The summed E-state index contributed by atoms with van der Waals surface area (Å²) in [7, 11) is 1.95. The Morgan fingerprint density at radius 1 is 1.10 bits per heavy atom. The Kier molecular flexibility index (Phi) is 6.42. The summed E-state index contributed by atoms with van der Waals surface area (Å²) in [4.78, 5) is 15.6. The first kappa shape index (κ1) is 20.9. The minimum atomic E-state index is 0.0579. The molecular formula is C24H29ClN4O. The van der Waals surface area contributed by atoms with E-state index in [-0.39, 0.29) is 5.56 Å². The van der Waals surface area contributed by atoms with E-state index in [1.807, 2.05) is 61.1 Å². The van der Waals surface area contributed by atoms with E-state index < -0.39 is 0 Å². The normalized spacial score (nSPS) is 17.4. The Hall–Kier alpha value is -2.34. The Labute approximate surface area is 182 Å². The third kappa shape index (κ3) is 4.53. The maximum atomic E-state index is 13.1. The van der Waals surface area contributed by atoms with E-state index >= 15 is 0 Å². The highest BCUT2D eigenvalue weighted by Crippen LogP contribution is 2.17. The Morgan fingerprint density at radius 3 is 2.57 bits per heavy atom. The van der Waals surface area contributed by atoms with Gasteiger partial charge in [-0.05, 0) is 56.1 Å². The van der Waals surface area contributed by atoms with Crippen molar-refractivity contribution in [2.45, 2.75) is 38.9 Å². The molecule has 1 saturated heterocycles. The van der Waals surface area contributed by atoms with Crippen molar-refractivity contribution in [1.29, 1.82) is 0 Å². The minimum Gasteiger partial charge on any atom is -0.308 e. The molecule has 0 aliphatic carbocycles. The van der Waals surface area contributed by atoms with Gasteiger partial charge in [0.2, 0.25) is 0 Å². The number of aromatic nitrogens is 2. The monoisotopic (exact) mass is 424 g/mol. The Balaban J connectivity index is 1.42. The van der Waals surface area contributed by atoms with Crippen LogP contribution in [0.15, 0.2) is 59.4 Å². The van der Waals surface area contributed by atoms with Crippen molar-refractivity contribution in [3.05, 3.63) is 86.8 Å². The van der Waals surface area contributed by atoms with Crippen molar-refractivity contribution in [3.8, 4) is 5.69 Å². The zero-order valence-electron chi connectivity index (χ0n) is 17.6. The lowest BCUT2D eigenvalue weighted by Crippen LogP contribution is -2.45. The predicted molar refractivity (Wildman–Crippen MR) is 122 cm³/mol. The second kappa shape index (κ2) is 9.21. The van der Waals surface area contributed by atoms with Crippen LogP contribution in [0.1, 0.15) is 29.7 Å². The smallest absolute Gasteiger partial charge is 0.276 e. The fraction of sp³-hybridized carbons (Fsp3) is 0.375. The van der Waals surface area contributed by atoms with E-state index in [1.165, 1.54) is 5.56 Å². The lowest BCUT2D eigenvalue weighted by Gasteiger charge is -2.33. The van der Waals surface area contributed by atoms with Crippen LogP contribution in [0.5, 0.6) is 0 Å². The van der Waals surface area contributed by atoms with Crippen LogP contribution in [-0.2, 0) is 20.1 Å². The van der Waals surface area contributed by atoms with Crippen LogP contribution in [0.25, 0.3) is 5.69 Å². The van der Waals surface area contributed by atoms with E-state index in [2.05, 4.69) is 22.3 Å². The van der Waals surface area contributed by atoms with Crippen LogP contribution < -0.4 is 10.9 Å². The van der Waals surface area contributed by atoms with Crippen molar-refractivity contribution in [2.75, 3.05) is 13.1 Å². The first-order valence-corrected chi connectivity index (χ1v) is 10.9. The number of likely N-dealkylation sites (tertiary alicyclic amines) is 1. The number of para-hydroxylation sites is 1. The Morgan fingerprint density at radius 2 is 1.83 bits per heavy atom. The van der Waals surface area contributed by atoms with Crippen LogP contribution >= 0.6 is 11.6 Å². The number of hydrogen-bond donors (Lipinski definition) is 1. The number of hydrogen-bond acceptors (Lipinski definition) is 3. The van der Waals surface area contributed by atoms with Gasteiger partial charge >= 0.3 is 0 Å². The molecule has 1 aliphatic heterocycles. The van der Waals surface area contributed by atoms with E-state index in [4.69, 9.17) is 11.6 Å². The fourth-order valence-corrected chi connectivity index (χ4v) is 4.41. The van der Waals surface area contributed by atoms with Gasteiger partial charge in [0.05, 0.1) is 11.3 Å². The number of rotatable bonds is 6. The molecule has 1 N–H and O–H groups in total. The zero-order chi connectivity index (χ0) is 21.1. The summed E-state index contributed by atoms with van der Waals surface area (Å²) in [6.07, 6.45) is 2.29. The molecule has 6 heteroatoms. The molecule has 2 aromatic carbocycles. The summed E-state index contributed by atoms with van der Waals surface area (Å²) in [5, 5.41) is 4.42. The standard InChI is InChI=1S/C24H29ClN4O/c1-18-23(24(30)29(27(18)2)22-8-4-3-5-9-22)15-26-21-7-6-14-28(17-21)16-19-10-12-20(25)13-11-19/h3-5,8-13,21,26H,6-7,14-17H2,1-2H3/t21-/m0/s1. The van der Waals surface area contributed by atoms with E-state index in [0.29, 0.717) is 12.6 Å². The average Bonchev–Trinajstić information content (AvgIpc) is 2.97. The molecule has 0 unspecified atom stereocenters. The fourth-order valence-electron chi connectivity index (χ4n) is 4.29. The van der Waals surface area contributed by atoms with Crippen LogP contribution in [0, 0.1) is 6.92 Å². The number of piperidine rings is 1. The maximum absolute atomic E-state index is 13.1. The van der Waals surface area contributed by atoms with Gasteiger partial charge in [0, 0.05) is 43.4 Å². The molecule has 3 aromatic rings. The molecule has 0 radical (unpaired) electrons. The van der Waals surface area contributed by atoms with Gasteiger partial charge < -0.3 is 5.32 Å². The van der Waals surface area contributed by atoms with Crippen molar-refractivity contribution < 1.29 is 0 Å². The van der Waals surface area contributed by atoms with Gasteiger partial charge in [-0.15, -0.1) is 0 Å². The number of benzene rings is 2. The van der Waals surface area contributed by atoms with Crippen molar-refractivity contribution in [1.82, 2.24) is 19.6 Å². The molecule has 0 saturated carbocycles. The quantitative estimate of drug-likeness (QED) is 0.652. The molecule has 2 heterocycles. The van der Waals surface area contributed by atoms with Gasteiger partial charge in [0.25, 0.3) is 5.56 Å². The summed E-state index contributed by atoms with van der Waals surface area (Å²) < 4.78 is 3.70. The molecule has 1 aliphatic rings. The highest BCUT2D eigenvalue weighted by atomic mass is 35.5. The van der Waals surface area contributed by atoms with Crippen LogP contribution in [0.2, 0.25) is 5.02 Å². The topological polar surface area (TPSA) is 42.2 Å². The van der Waals surface area contributed by atoms with Crippen molar-refractivity contribution in [2.24, 2.45) is 7.05 Å². The lowest BCUT2D eigenvalue weighted by atomic mass is 10.0. The molecule has 30 heavy (non-hydrogen) atoms. The molecule has 1 atom stereocenters. The number of halogens is 1. The average molecular weight is 425 g/mol. The molecule has 158 valence electrons. The van der Waals surface area contributed by atoms with Gasteiger partial charge in [-0.25, -0.2) is 4.68 Å². The Bertz CT molecular complexity index is 1040. The second-order valence-electron chi connectivity index (χ2n) is 8.12. The molecule has 0 spiro atoms. The van der Waals surface area contributed by atoms with E-state index in [0.717, 1.165) is 54.4 Å². The van der Waals surface area contributed by atoms with Gasteiger partial charge in [0.15, 0.2) is 0 Å². The summed E-state index contributed by atoms with van der Waals surface area (Å²) in [6, 6.07) is 18.3. The van der Waals surface area contributed by atoms with Crippen LogP contribution in [-0.4, -0.2) is 33.4 Å². The zero-order valence-corrected chi connectivity index (χ0v) is 18.4. The number of nitrogens with one attached hydrogen (secondary N) is 1. The minimum absolute atomic E-state index is 0.0579. The SMILES string of the molecule is Cc1c(CN[C@H]2CCCN(Cc3ccc(Cl)cc3)C2)c(=O)n(-c2ccccc2)n1C. The second-order valence-corrected chi connectivity index (χ2v) is 8.56. The molecule has 5 nitrogen and oxygen atoms in total. The van der Waals surface area contributed by atoms with Gasteiger partial charge in [0.1, 0.15) is 0 Å². The third-order valence-electron chi connectivity index (χ3n) is 6.07. The first-order chi connectivity index (χ1) is 14.5.